The Hall–Kier alpha value is -1.02. The highest BCUT2D eigenvalue weighted by atomic mass is 16.3. The second-order valence-corrected chi connectivity index (χ2v) is 2.19. The number of hydrogen-bond acceptors (Lipinski definition) is 2. The highest BCUT2D eigenvalue weighted by Crippen LogP contribution is 2.13. The van der Waals surface area contributed by atoms with Crippen molar-refractivity contribution in [3.63, 3.8) is 0 Å². The summed E-state index contributed by atoms with van der Waals surface area (Å²) >= 11 is 0. The average molecular weight is 137 g/mol. The van der Waals surface area contributed by atoms with Gasteiger partial charge in [-0.25, -0.2) is 0 Å². The van der Waals surface area contributed by atoms with Gasteiger partial charge in [-0.3, -0.25) is 0 Å². The van der Waals surface area contributed by atoms with E-state index in [2.05, 4.69) is 6.58 Å². The first kappa shape index (κ1) is 7.09. The van der Waals surface area contributed by atoms with Crippen LogP contribution in [-0.4, -0.2) is 0 Å². The van der Waals surface area contributed by atoms with Crippen molar-refractivity contribution in [2.24, 2.45) is 5.73 Å². The minimum absolute atomic E-state index is 0.0382. The Morgan fingerprint density at radius 1 is 1.80 bits per heavy atom. The molecule has 0 amide bonds. The average Bonchev–Trinajstić information content (AvgIpc) is 2.38. The maximum absolute atomic E-state index is 5.72. The van der Waals surface area contributed by atoms with Crippen molar-refractivity contribution >= 4 is 0 Å². The number of nitrogens with two attached hydrogens (primary N) is 1. The topological polar surface area (TPSA) is 39.2 Å². The molecule has 0 aliphatic rings. The predicted octanol–water partition coefficient (Wildman–Crippen LogP) is 1.86. The van der Waals surface area contributed by atoms with E-state index in [-0.39, 0.29) is 6.04 Å². The molecule has 2 nitrogen and oxygen atoms in total. The second kappa shape index (κ2) is 3.22. The SMILES string of the molecule is C=CC[C@@H](N)c1ccoc1. The van der Waals surface area contributed by atoms with Crippen LogP contribution < -0.4 is 5.73 Å². The maximum Gasteiger partial charge on any atom is 0.0950 e. The van der Waals surface area contributed by atoms with Gasteiger partial charge >= 0.3 is 0 Å². The van der Waals surface area contributed by atoms with Gasteiger partial charge in [0.25, 0.3) is 0 Å². The molecule has 0 bridgehead atoms. The molecule has 0 aromatic carbocycles. The molecule has 0 aliphatic carbocycles. The summed E-state index contributed by atoms with van der Waals surface area (Å²) in [5, 5.41) is 0. The van der Waals surface area contributed by atoms with Crippen LogP contribution >= 0.6 is 0 Å². The molecule has 2 N–H and O–H groups in total. The molecule has 0 spiro atoms. The number of furan rings is 1. The minimum Gasteiger partial charge on any atom is -0.472 e. The van der Waals surface area contributed by atoms with E-state index in [0.29, 0.717) is 0 Å². The summed E-state index contributed by atoms with van der Waals surface area (Å²) < 4.78 is 4.87. The molecule has 2 heteroatoms. The molecule has 0 radical (unpaired) electrons. The molecule has 54 valence electrons. The van der Waals surface area contributed by atoms with Crippen LogP contribution in [0.3, 0.4) is 0 Å². The molecule has 1 heterocycles. The lowest BCUT2D eigenvalue weighted by Gasteiger charge is -2.03. The summed E-state index contributed by atoms with van der Waals surface area (Å²) in [6, 6.07) is 1.91. The number of rotatable bonds is 3. The summed E-state index contributed by atoms with van der Waals surface area (Å²) in [5.41, 5.74) is 6.75. The lowest BCUT2D eigenvalue weighted by atomic mass is 10.1. The zero-order chi connectivity index (χ0) is 7.40. The summed E-state index contributed by atoms with van der Waals surface area (Å²) in [5.74, 6) is 0. The van der Waals surface area contributed by atoms with Crippen molar-refractivity contribution in [3.8, 4) is 0 Å². The first-order valence-electron chi connectivity index (χ1n) is 3.23. The molecule has 1 rings (SSSR count). The Morgan fingerprint density at radius 3 is 3.10 bits per heavy atom. The van der Waals surface area contributed by atoms with Gasteiger partial charge in [0.1, 0.15) is 0 Å². The lowest BCUT2D eigenvalue weighted by Crippen LogP contribution is -2.07. The summed E-state index contributed by atoms with van der Waals surface area (Å²) in [6.45, 7) is 3.60. The fourth-order valence-corrected chi connectivity index (χ4v) is 0.802. The van der Waals surface area contributed by atoms with E-state index < -0.39 is 0 Å². The van der Waals surface area contributed by atoms with Crippen LogP contribution in [0, 0.1) is 0 Å². The molecule has 10 heavy (non-hydrogen) atoms. The van der Waals surface area contributed by atoms with Crippen molar-refractivity contribution in [2.45, 2.75) is 12.5 Å². The summed E-state index contributed by atoms with van der Waals surface area (Å²) in [4.78, 5) is 0. The first-order valence-corrected chi connectivity index (χ1v) is 3.23. The van der Waals surface area contributed by atoms with Crippen LogP contribution in [0.1, 0.15) is 18.0 Å². The molecular formula is C8H11NO. The smallest absolute Gasteiger partial charge is 0.0950 e. The molecule has 0 fully saturated rings. The fourth-order valence-electron chi connectivity index (χ4n) is 0.802. The van der Waals surface area contributed by atoms with Gasteiger partial charge < -0.3 is 10.2 Å². The molecule has 1 aromatic heterocycles. The molecule has 0 unspecified atom stereocenters. The van der Waals surface area contributed by atoms with E-state index >= 15 is 0 Å². The molecule has 1 atom stereocenters. The third kappa shape index (κ3) is 1.48. The van der Waals surface area contributed by atoms with E-state index in [4.69, 9.17) is 10.2 Å². The van der Waals surface area contributed by atoms with Gasteiger partial charge in [0.05, 0.1) is 12.5 Å². The van der Waals surface area contributed by atoms with Crippen molar-refractivity contribution < 1.29 is 4.42 Å². The Bertz CT molecular complexity index is 191. The van der Waals surface area contributed by atoms with Gasteiger partial charge in [0, 0.05) is 11.6 Å². The molecular weight excluding hydrogens is 126 g/mol. The standard InChI is InChI=1S/C8H11NO/c1-2-3-8(9)7-4-5-10-6-7/h2,4-6,8H,1,3,9H2/t8-/m1/s1. The Balaban J connectivity index is 2.58. The van der Waals surface area contributed by atoms with Crippen LogP contribution in [0.5, 0.6) is 0 Å². The van der Waals surface area contributed by atoms with Gasteiger partial charge in [-0.1, -0.05) is 6.08 Å². The Labute approximate surface area is 60.3 Å². The zero-order valence-electron chi connectivity index (χ0n) is 5.79. The van der Waals surface area contributed by atoms with E-state index in [1.807, 2.05) is 6.07 Å². The largest absolute Gasteiger partial charge is 0.472 e. The molecule has 0 aliphatic heterocycles. The minimum atomic E-state index is 0.0382. The molecule has 0 saturated heterocycles. The third-order valence-electron chi connectivity index (χ3n) is 1.39. The quantitative estimate of drug-likeness (QED) is 0.646. The van der Waals surface area contributed by atoms with Crippen molar-refractivity contribution in [2.75, 3.05) is 0 Å². The third-order valence-corrected chi connectivity index (χ3v) is 1.39. The first-order chi connectivity index (χ1) is 4.84. The van der Waals surface area contributed by atoms with Gasteiger partial charge in [-0.2, -0.15) is 0 Å². The second-order valence-electron chi connectivity index (χ2n) is 2.19. The van der Waals surface area contributed by atoms with E-state index in [9.17, 15) is 0 Å². The normalized spacial score (nSPS) is 12.9. The molecule has 0 saturated carbocycles. The van der Waals surface area contributed by atoms with Crippen LogP contribution in [0.15, 0.2) is 35.7 Å². The van der Waals surface area contributed by atoms with Crippen molar-refractivity contribution in [1.82, 2.24) is 0 Å². The monoisotopic (exact) mass is 137 g/mol. The van der Waals surface area contributed by atoms with Crippen molar-refractivity contribution in [3.05, 3.63) is 36.8 Å². The van der Waals surface area contributed by atoms with Crippen molar-refractivity contribution in [1.29, 1.82) is 0 Å². The predicted molar refractivity (Wildman–Crippen MR) is 40.5 cm³/mol. The van der Waals surface area contributed by atoms with E-state index in [1.165, 1.54) is 0 Å². The highest BCUT2D eigenvalue weighted by Gasteiger charge is 2.02. The van der Waals surface area contributed by atoms with Gasteiger partial charge in [-0.05, 0) is 12.5 Å². The van der Waals surface area contributed by atoms with E-state index in [1.54, 1.807) is 18.6 Å². The fraction of sp³-hybridized carbons (Fsp3) is 0.250. The lowest BCUT2D eigenvalue weighted by molar-refractivity contribution is 0.559. The van der Waals surface area contributed by atoms with Gasteiger partial charge in [0.2, 0.25) is 0 Å². The van der Waals surface area contributed by atoms with Crippen LogP contribution in [0.25, 0.3) is 0 Å². The summed E-state index contributed by atoms with van der Waals surface area (Å²) in [7, 11) is 0. The van der Waals surface area contributed by atoms with Crippen LogP contribution in [-0.2, 0) is 0 Å². The maximum atomic E-state index is 5.72. The Morgan fingerprint density at radius 2 is 2.60 bits per heavy atom. The zero-order valence-corrected chi connectivity index (χ0v) is 5.79. The number of hydrogen-bond donors (Lipinski definition) is 1. The van der Waals surface area contributed by atoms with Gasteiger partial charge in [0.15, 0.2) is 0 Å². The summed E-state index contributed by atoms with van der Waals surface area (Å²) in [6.07, 6.45) is 5.88. The van der Waals surface area contributed by atoms with E-state index in [0.717, 1.165) is 12.0 Å². The van der Waals surface area contributed by atoms with Gasteiger partial charge in [-0.15, -0.1) is 6.58 Å². The van der Waals surface area contributed by atoms with Crippen LogP contribution in [0.2, 0.25) is 0 Å². The molecule has 1 aromatic rings. The Kier molecular flexibility index (Phi) is 2.29. The van der Waals surface area contributed by atoms with Crippen LogP contribution in [0.4, 0.5) is 0 Å². The highest BCUT2D eigenvalue weighted by molar-refractivity contribution is 5.11.